The van der Waals surface area contributed by atoms with Gasteiger partial charge in [-0.15, -0.1) is 0 Å². The number of carbonyl (C=O) groups is 1. The maximum atomic E-state index is 12.0. The lowest BCUT2D eigenvalue weighted by atomic mass is 9.60. The van der Waals surface area contributed by atoms with E-state index in [2.05, 4.69) is 10.6 Å². The number of hydrogen-bond acceptors (Lipinski definition) is 2. The number of hydrogen-bond donors (Lipinski definition) is 2. The summed E-state index contributed by atoms with van der Waals surface area (Å²) in [7, 11) is 0. The van der Waals surface area contributed by atoms with Crippen molar-refractivity contribution < 1.29 is 4.79 Å². The first-order valence-corrected chi connectivity index (χ1v) is 7.29. The van der Waals surface area contributed by atoms with Crippen molar-refractivity contribution >= 4 is 5.91 Å². The average Bonchev–Trinajstić information content (AvgIpc) is 2.81. The molecule has 2 saturated carbocycles. The molecule has 3 aliphatic rings. The Kier molecular flexibility index (Phi) is 3.12. The van der Waals surface area contributed by atoms with Crippen LogP contribution in [-0.2, 0) is 4.79 Å². The minimum Gasteiger partial charge on any atom is -0.353 e. The quantitative estimate of drug-likeness (QED) is 0.768. The van der Waals surface area contributed by atoms with Gasteiger partial charge in [-0.05, 0) is 57.0 Å². The average molecular weight is 236 g/mol. The lowest BCUT2D eigenvalue weighted by molar-refractivity contribution is -0.127. The van der Waals surface area contributed by atoms with E-state index in [1.54, 1.807) is 0 Å². The van der Waals surface area contributed by atoms with Crippen molar-refractivity contribution in [3.8, 4) is 0 Å². The third-order valence-electron chi connectivity index (χ3n) is 5.10. The summed E-state index contributed by atoms with van der Waals surface area (Å²) in [6.45, 7) is 2.34. The van der Waals surface area contributed by atoms with E-state index in [1.165, 1.54) is 51.6 Å². The van der Waals surface area contributed by atoms with Crippen LogP contribution in [0.25, 0.3) is 0 Å². The molecule has 0 aromatic carbocycles. The van der Waals surface area contributed by atoms with Gasteiger partial charge in [-0.1, -0.05) is 12.8 Å². The number of nitrogens with one attached hydrogen (secondary N) is 2. The highest BCUT2D eigenvalue weighted by Crippen LogP contribution is 2.48. The van der Waals surface area contributed by atoms with E-state index >= 15 is 0 Å². The second-order valence-electron chi connectivity index (χ2n) is 6.35. The molecule has 0 aromatic heterocycles. The molecule has 3 fully saturated rings. The zero-order chi connectivity index (χ0) is 11.7. The number of rotatable bonds is 2. The summed E-state index contributed by atoms with van der Waals surface area (Å²) in [4.78, 5) is 12.0. The Morgan fingerprint density at radius 3 is 2.41 bits per heavy atom. The van der Waals surface area contributed by atoms with Gasteiger partial charge in [-0.25, -0.2) is 0 Å². The lowest BCUT2D eigenvalue weighted by Gasteiger charge is -2.50. The normalized spacial score (nSPS) is 29.2. The fourth-order valence-electron chi connectivity index (χ4n) is 3.96. The zero-order valence-corrected chi connectivity index (χ0v) is 10.6. The van der Waals surface area contributed by atoms with E-state index < -0.39 is 0 Å². The molecule has 2 N–H and O–H groups in total. The van der Waals surface area contributed by atoms with Crippen LogP contribution in [-0.4, -0.2) is 25.0 Å². The molecule has 96 valence electrons. The predicted octanol–water partition coefficient (Wildman–Crippen LogP) is 1.82. The van der Waals surface area contributed by atoms with Gasteiger partial charge in [0.05, 0.1) is 0 Å². The molecule has 1 spiro atoms. The van der Waals surface area contributed by atoms with Crippen LogP contribution in [0.4, 0.5) is 0 Å². The molecule has 3 rings (SSSR count). The van der Waals surface area contributed by atoms with Gasteiger partial charge < -0.3 is 10.6 Å². The minimum atomic E-state index is 0.333. The Morgan fingerprint density at radius 2 is 1.76 bits per heavy atom. The molecular weight excluding hydrogens is 212 g/mol. The van der Waals surface area contributed by atoms with Crippen LogP contribution < -0.4 is 10.6 Å². The molecule has 1 aliphatic heterocycles. The molecule has 17 heavy (non-hydrogen) atoms. The van der Waals surface area contributed by atoms with Crippen LogP contribution in [0.5, 0.6) is 0 Å². The second kappa shape index (κ2) is 4.60. The summed E-state index contributed by atoms with van der Waals surface area (Å²) in [5.41, 5.74) is 0.582. The highest BCUT2D eigenvalue weighted by molar-refractivity contribution is 5.79. The van der Waals surface area contributed by atoms with Gasteiger partial charge in [0.25, 0.3) is 0 Å². The van der Waals surface area contributed by atoms with Gasteiger partial charge >= 0.3 is 0 Å². The van der Waals surface area contributed by atoms with E-state index in [0.717, 1.165) is 12.8 Å². The molecule has 0 unspecified atom stereocenters. The standard InChI is InChI=1S/C14H24N2O/c17-13(11-3-1-2-4-11)16-12-9-14(10-12)5-7-15-8-6-14/h11-12,15H,1-10H2,(H,16,17). The Balaban J connectivity index is 1.44. The Labute approximate surface area is 104 Å². The number of carbonyl (C=O) groups excluding carboxylic acids is 1. The first-order valence-electron chi connectivity index (χ1n) is 7.29. The van der Waals surface area contributed by atoms with Crippen LogP contribution in [0, 0.1) is 11.3 Å². The lowest BCUT2D eigenvalue weighted by Crippen LogP contribution is -2.55. The maximum absolute atomic E-state index is 12.0. The molecule has 1 amide bonds. The predicted molar refractivity (Wildman–Crippen MR) is 67.7 cm³/mol. The number of amides is 1. The zero-order valence-electron chi connectivity index (χ0n) is 10.6. The van der Waals surface area contributed by atoms with Crippen LogP contribution >= 0.6 is 0 Å². The molecule has 2 aliphatic carbocycles. The highest BCUT2D eigenvalue weighted by atomic mass is 16.1. The number of piperidine rings is 1. The molecule has 0 radical (unpaired) electrons. The van der Waals surface area contributed by atoms with E-state index in [1.807, 2.05) is 0 Å². The fraction of sp³-hybridized carbons (Fsp3) is 0.929. The van der Waals surface area contributed by atoms with Crippen LogP contribution in [0.15, 0.2) is 0 Å². The van der Waals surface area contributed by atoms with Gasteiger partial charge in [-0.3, -0.25) is 4.79 Å². The van der Waals surface area contributed by atoms with Crippen molar-refractivity contribution in [1.29, 1.82) is 0 Å². The summed E-state index contributed by atoms with van der Waals surface area (Å²) in [5.74, 6) is 0.677. The van der Waals surface area contributed by atoms with Crippen molar-refractivity contribution in [1.82, 2.24) is 10.6 Å². The topological polar surface area (TPSA) is 41.1 Å². The van der Waals surface area contributed by atoms with Crippen molar-refractivity contribution in [3.63, 3.8) is 0 Å². The molecule has 0 aromatic rings. The SMILES string of the molecule is O=C(NC1CC2(CCNCC2)C1)C1CCCC1. The molecule has 1 saturated heterocycles. The highest BCUT2D eigenvalue weighted by Gasteiger charge is 2.45. The van der Waals surface area contributed by atoms with Crippen molar-refractivity contribution in [2.45, 2.75) is 57.4 Å². The largest absolute Gasteiger partial charge is 0.353 e. The van der Waals surface area contributed by atoms with Crippen LogP contribution in [0.1, 0.15) is 51.4 Å². The Bertz CT molecular complexity index is 283. The summed E-state index contributed by atoms with van der Waals surface area (Å²) < 4.78 is 0. The molecule has 3 heteroatoms. The summed E-state index contributed by atoms with van der Waals surface area (Å²) in [5, 5.41) is 6.69. The summed E-state index contributed by atoms with van der Waals surface area (Å²) >= 11 is 0. The summed E-state index contributed by atoms with van der Waals surface area (Å²) in [6.07, 6.45) is 9.81. The molecule has 3 nitrogen and oxygen atoms in total. The molecule has 0 bridgehead atoms. The third kappa shape index (κ3) is 2.35. The first kappa shape index (κ1) is 11.5. The molecule has 1 heterocycles. The fourth-order valence-corrected chi connectivity index (χ4v) is 3.96. The van der Waals surface area contributed by atoms with Gasteiger partial charge in [0.1, 0.15) is 0 Å². The molecule has 0 atom stereocenters. The van der Waals surface area contributed by atoms with Crippen molar-refractivity contribution in [2.75, 3.05) is 13.1 Å². The van der Waals surface area contributed by atoms with Crippen LogP contribution in [0.3, 0.4) is 0 Å². The Morgan fingerprint density at radius 1 is 1.12 bits per heavy atom. The summed E-state index contributed by atoms with van der Waals surface area (Å²) in [6, 6.07) is 0.487. The minimum absolute atomic E-state index is 0.333. The third-order valence-corrected chi connectivity index (χ3v) is 5.10. The monoisotopic (exact) mass is 236 g/mol. The maximum Gasteiger partial charge on any atom is 0.223 e. The smallest absolute Gasteiger partial charge is 0.223 e. The van der Waals surface area contributed by atoms with Crippen molar-refractivity contribution in [3.05, 3.63) is 0 Å². The van der Waals surface area contributed by atoms with Gasteiger partial charge in [0.2, 0.25) is 5.91 Å². The van der Waals surface area contributed by atoms with E-state index in [4.69, 9.17) is 0 Å². The van der Waals surface area contributed by atoms with E-state index in [9.17, 15) is 4.79 Å². The van der Waals surface area contributed by atoms with Gasteiger partial charge in [-0.2, -0.15) is 0 Å². The van der Waals surface area contributed by atoms with Crippen molar-refractivity contribution in [2.24, 2.45) is 11.3 Å². The molecular formula is C14H24N2O. The van der Waals surface area contributed by atoms with Crippen LogP contribution in [0.2, 0.25) is 0 Å². The van der Waals surface area contributed by atoms with Gasteiger partial charge in [0, 0.05) is 12.0 Å². The van der Waals surface area contributed by atoms with Gasteiger partial charge in [0.15, 0.2) is 0 Å². The van der Waals surface area contributed by atoms with E-state index in [-0.39, 0.29) is 0 Å². The Hall–Kier alpha value is -0.570. The van der Waals surface area contributed by atoms with E-state index in [0.29, 0.717) is 23.3 Å². The second-order valence-corrected chi connectivity index (χ2v) is 6.35. The first-order chi connectivity index (χ1) is 8.27.